The molecule has 2 N–H and O–H groups in total. The molecule has 0 radical (unpaired) electrons. The van der Waals surface area contributed by atoms with Crippen molar-refractivity contribution in [1.29, 1.82) is 0 Å². The Morgan fingerprint density at radius 1 is 1.05 bits per heavy atom. The predicted octanol–water partition coefficient (Wildman–Crippen LogP) is 2.90. The Morgan fingerprint density at radius 2 is 1.81 bits per heavy atom. The highest BCUT2D eigenvalue weighted by Crippen LogP contribution is 2.11. The van der Waals surface area contributed by atoms with Crippen LogP contribution in [0.15, 0.2) is 48.5 Å². The molecule has 0 aromatic heterocycles. The van der Waals surface area contributed by atoms with Crippen molar-refractivity contribution in [3.8, 4) is 0 Å². The predicted molar refractivity (Wildman–Crippen MR) is 83.1 cm³/mol. The van der Waals surface area contributed by atoms with Crippen molar-refractivity contribution in [2.45, 2.75) is 13.5 Å². The van der Waals surface area contributed by atoms with E-state index < -0.39 is 11.8 Å². The molecule has 2 aromatic carbocycles. The molecule has 2 aromatic rings. The van der Waals surface area contributed by atoms with E-state index in [2.05, 4.69) is 10.6 Å². The lowest BCUT2D eigenvalue weighted by atomic mass is 10.2. The Bertz CT molecular complexity index is 671. The van der Waals surface area contributed by atoms with E-state index >= 15 is 0 Å². The summed E-state index contributed by atoms with van der Waals surface area (Å²) in [5.74, 6) is -1.38. The second-order valence-electron chi connectivity index (χ2n) is 4.64. The Labute approximate surface area is 128 Å². The SMILES string of the molecule is Cc1cccc(NC(=O)C(=O)NCc2cccc(Cl)c2)c1. The number of hydrogen-bond acceptors (Lipinski definition) is 2. The number of aryl methyl sites for hydroxylation is 1. The van der Waals surface area contributed by atoms with E-state index in [-0.39, 0.29) is 6.54 Å². The summed E-state index contributed by atoms with van der Waals surface area (Å²) in [5, 5.41) is 5.69. The number of nitrogens with one attached hydrogen (secondary N) is 2. The van der Waals surface area contributed by atoms with Gasteiger partial charge in [0.1, 0.15) is 0 Å². The number of carbonyl (C=O) groups excluding carboxylic acids is 2. The minimum atomic E-state index is -0.692. The average Bonchev–Trinajstić information content (AvgIpc) is 2.45. The van der Waals surface area contributed by atoms with Gasteiger partial charge in [0.05, 0.1) is 0 Å². The first-order valence-electron chi connectivity index (χ1n) is 6.45. The Hall–Kier alpha value is -2.33. The summed E-state index contributed by atoms with van der Waals surface area (Å²) in [4.78, 5) is 23.5. The third kappa shape index (κ3) is 4.61. The van der Waals surface area contributed by atoms with Crippen LogP contribution < -0.4 is 10.6 Å². The lowest BCUT2D eigenvalue weighted by molar-refractivity contribution is -0.136. The Kier molecular flexibility index (Phi) is 4.95. The minimum absolute atomic E-state index is 0.251. The van der Waals surface area contributed by atoms with Crippen LogP contribution >= 0.6 is 11.6 Å². The van der Waals surface area contributed by atoms with Gasteiger partial charge in [0.15, 0.2) is 0 Å². The molecule has 0 spiro atoms. The van der Waals surface area contributed by atoms with Crippen molar-refractivity contribution >= 4 is 29.1 Å². The van der Waals surface area contributed by atoms with Gasteiger partial charge in [-0.15, -0.1) is 0 Å². The van der Waals surface area contributed by atoms with Crippen molar-refractivity contribution in [3.63, 3.8) is 0 Å². The number of halogens is 1. The van der Waals surface area contributed by atoms with E-state index in [1.807, 2.05) is 25.1 Å². The van der Waals surface area contributed by atoms with E-state index in [4.69, 9.17) is 11.6 Å². The number of rotatable bonds is 3. The third-order valence-corrected chi connectivity index (χ3v) is 3.06. The molecule has 0 fully saturated rings. The van der Waals surface area contributed by atoms with Gasteiger partial charge in [-0.05, 0) is 42.3 Å². The topological polar surface area (TPSA) is 58.2 Å². The lowest BCUT2D eigenvalue weighted by Gasteiger charge is -2.07. The summed E-state index contributed by atoms with van der Waals surface area (Å²) in [6, 6.07) is 14.3. The number of carbonyl (C=O) groups is 2. The molecule has 0 aliphatic carbocycles. The normalized spacial score (nSPS) is 10.0. The summed E-state index contributed by atoms with van der Waals surface area (Å²) in [6.45, 7) is 2.16. The van der Waals surface area contributed by atoms with Gasteiger partial charge in [0, 0.05) is 17.3 Å². The maximum absolute atomic E-state index is 11.8. The highest BCUT2D eigenvalue weighted by atomic mass is 35.5. The van der Waals surface area contributed by atoms with Crippen LogP contribution in [-0.2, 0) is 16.1 Å². The smallest absolute Gasteiger partial charge is 0.313 e. The van der Waals surface area contributed by atoms with E-state index in [9.17, 15) is 9.59 Å². The summed E-state index contributed by atoms with van der Waals surface area (Å²) < 4.78 is 0. The van der Waals surface area contributed by atoms with Crippen LogP contribution in [0.5, 0.6) is 0 Å². The van der Waals surface area contributed by atoms with Crippen LogP contribution in [0.3, 0.4) is 0 Å². The van der Waals surface area contributed by atoms with Crippen LogP contribution in [0.1, 0.15) is 11.1 Å². The first-order valence-corrected chi connectivity index (χ1v) is 6.83. The molecule has 108 valence electrons. The van der Waals surface area contributed by atoms with Crippen LogP contribution in [-0.4, -0.2) is 11.8 Å². The monoisotopic (exact) mass is 302 g/mol. The van der Waals surface area contributed by atoms with Crippen molar-refractivity contribution < 1.29 is 9.59 Å². The fraction of sp³-hybridized carbons (Fsp3) is 0.125. The van der Waals surface area contributed by atoms with Crippen molar-refractivity contribution in [3.05, 3.63) is 64.7 Å². The Balaban J connectivity index is 1.89. The van der Waals surface area contributed by atoms with Crippen molar-refractivity contribution in [2.24, 2.45) is 0 Å². The maximum Gasteiger partial charge on any atom is 0.313 e. The number of amides is 2. The molecular weight excluding hydrogens is 288 g/mol. The van der Waals surface area contributed by atoms with Crippen molar-refractivity contribution in [1.82, 2.24) is 5.32 Å². The zero-order valence-corrected chi connectivity index (χ0v) is 12.3. The first-order chi connectivity index (χ1) is 10.0. The molecule has 0 atom stereocenters. The second-order valence-corrected chi connectivity index (χ2v) is 5.07. The molecule has 0 aliphatic heterocycles. The van der Waals surface area contributed by atoms with Gasteiger partial charge in [-0.3, -0.25) is 9.59 Å². The maximum atomic E-state index is 11.8. The quantitative estimate of drug-likeness (QED) is 0.857. The molecule has 2 rings (SSSR count). The zero-order chi connectivity index (χ0) is 15.2. The van der Waals surface area contributed by atoms with E-state index in [1.165, 1.54) is 0 Å². The van der Waals surface area contributed by atoms with Gasteiger partial charge in [-0.1, -0.05) is 35.9 Å². The number of anilines is 1. The molecule has 0 heterocycles. The highest BCUT2D eigenvalue weighted by molar-refractivity contribution is 6.39. The molecule has 5 heteroatoms. The summed E-state index contributed by atoms with van der Waals surface area (Å²) >= 11 is 5.85. The molecule has 0 saturated carbocycles. The fourth-order valence-corrected chi connectivity index (χ4v) is 2.03. The van der Waals surface area contributed by atoms with Gasteiger partial charge in [0.2, 0.25) is 0 Å². The van der Waals surface area contributed by atoms with E-state index in [1.54, 1.807) is 30.3 Å². The fourth-order valence-electron chi connectivity index (χ4n) is 1.82. The summed E-state index contributed by atoms with van der Waals surface area (Å²) in [7, 11) is 0. The molecule has 0 unspecified atom stereocenters. The largest absolute Gasteiger partial charge is 0.344 e. The van der Waals surface area contributed by atoms with Crippen LogP contribution in [0.25, 0.3) is 0 Å². The summed E-state index contributed by atoms with van der Waals surface area (Å²) in [5.41, 5.74) is 2.43. The van der Waals surface area contributed by atoms with Gasteiger partial charge in [-0.2, -0.15) is 0 Å². The molecule has 21 heavy (non-hydrogen) atoms. The molecular formula is C16H15ClN2O2. The molecule has 4 nitrogen and oxygen atoms in total. The molecule has 0 aliphatic rings. The Morgan fingerprint density at radius 3 is 2.52 bits per heavy atom. The molecule has 0 bridgehead atoms. The zero-order valence-electron chi connectivity index (χ0n) is 11.5. The van der Waals surface area contributed by atoms with Crippen molar-refractivity contribution in [2.75, 3.05) is 5.32 Å². The van der Waals surface area contributed by atoms with Crippen LogP contribution in [0, 0.1) is 6.92 Å². The molecule has 0 saturated heterocycles. The highest BCUT2D eigenvalue weighted by Gasteiger charge is 2.13. The van der Waals surface area contributed by atoms with E-state index in [0.717, 1.165) is 11.1 Å². The second kappa shape index (κ2) is 6.90. The molecule has 2 amide bonds. The van der Waals surface area contributed by atoms with Crippen LogP contribution in [0.2, 0.25) is 5.02 Å². The van der Waals surface area contributed by atoms with Gasteiger partial charge >= 0.3 is 11.8 Å². The first kappa shape index (κ1) is 15.1. The van der Waals surface area contributed by atoms with Gasteiger partial charge in [0.25, 0.3) is 0 Å². The standard InChI is InChI=1S/C16H15ClN2O2/c1-11-4-2-7-14(8-11)19-16(21)15(20)18-10-12-5-3-6-13(17)9-12/h2-9H,10H2,1H3,(H,18,20)(H,19,21). The third-order valence-electron chi connectivity index (χ3n) is 2.82. The van der Waals surface area contributed by atoms with Crippen LogP contribution in [0.4, 0.5) is 5.69 Å². The van der Waals surface area contributed by atoms with Gasteiger partial charge in [-0.25, -0.2) is 0 Å². The summed E-state index contributed by atoms with van der Waals surface area (Å²) in [6.07, 6.45) is 0. The lowest BCUT2D eigenvalue weighted by Crippen LogP contribution is -2.34. The number of benzene rings is 2. The average molecular weight is 303 g/mol. The van der Waals surface area contributed by atoms with Gasteiger partial charge < -0.3 is 10.6 Å². The number of hydrogen-bond donors (Lipinski definition) is 2. The minimum Gasteiger partial charge on any atom is -0.344 e. The van der Waals surface area contributed by atoms with E-state index in [0.29, 0.717) is 10.7 Å².